The van der Waals surface area contributed by atoms with Gasteiger partial charge in [0.05, 0.1) is 12.3 Å². The maximum atomic E-state index is 12.4. The zero-order valence-electron chi connectivity index (χ0n) is 17.8. The first-order chi connectivity index (χ1) is 14.7. The molecule has 1 aliphatic rings. The number of rotatable bonds is 6. The van der Waals surface area contributed by atoms with Gasteiger partial charge in [-0.3, -0.25) is 9.59 Å². The normalized spacial score (nSPS) is 14.9. The van der Waals surface area contributed by atoms with E-state index in [1.165, 1.54) is 0 Å². The molecule has 3 rings (SSSR count). The van der Waals surface area contributed by atoms with E-state index in [4.69, 9.17) is 4.74 Å². The van der Waals surface area contributed by atoms with Crippen molar-refractivity contribution >= 4 is 52.0 Å². The number of hydrogen-bond acceptors (Lipinski definition) is 4. The van der Waals surface area contributed by atoms with Crippen molar-refractivity contribution in [3.63, 3.8) is 0 Å². The highest BCUT2D eigenvalue weighted by molar-refractivity contribution is 9.58. The van der Waals surface area contributed by atoms with Crippen LogP contribution in [0.5, 0.6) is 0 Å². The molecule has 9 heteroatoms. The Hall–Kier alpha value is -2.26. The van der Waals surface area contributed by atoms with Crippen LogP contribution < -0.4 is 5.32 Å². The molecule has 0 aliphatic carbocycles. The molecule has 2 aromatic rings. The second kappa shape index (κ2) is 10.4. The summed E-state index contributed by atoms with van der Waals surface area (Å²) < 4.78 is 5.46. The monoisotopic (exact) mass is 509 g/mol. The molecule has 0 atom stereocenters. The van der Waals surface area contributed by atoms with Crippen molar-refractivity contribution in [3.8, 4) is 0 Å². The van der Waals surface area contributed by atoms with Gasteiger partial charge in [-0.2, -0.15) is 8.46 Å². The summed E-state index contributed by atoms with van der Waals surface area (Å²) in [5.74, 6) is 0.0953. The minimum absolute atomic E-state index is 0.0201. The van der Waals surface area contributed by atoms with E-state index in [2.05, 4.69) is 20.1 Å². The molecule has 1 saturated heterocycles. The van der Waals surface area contributed by atoms with Gasteiger partial charge in [-0.05, 0) is 49.7 Å². The van der Waals surface area contributed by atoms with Gasteiger partial charge in [0.15, 0.2) is 0 Å². The van der Waals surface area contributed by atoms with E-state index < -0.39 is 8.46 Å². The van der Waals surface area contributed by atoms with E-state index in [0.29, 0.717) is 31.9 Å². The Balaban J connectivity index is 1.40. The molecular weight excluding hydrogens is 482 g/mol. The van der Waals surface area contributed by atoms with E-state index in [1.54, 1.807) is 9.80 Å². The van der Waals surface area contributed by atoms with E-state index in [9.17, 15) is 14.4 Å². The summed E-state index contributed by atoms with van der Waals surface area (Å²) in [6.07, 6.45) is 3.58. The predicted molar refractivity (Wildman–Crippen MR) is 129 cm³/mol. The second-order valence-electron chi connectivity index (χ2n) is 7.93. The Morgan fingerprint density at radius 3 is 2.32 bits per heavy atom. The molecule has 2 aromatic carbocycles. The number of carbonyl (C=O) groups is 3. The first kappa shape index (κ1) is 23.4. The molecule has 0 saturated carbocycles. The van der Waals surface area contributed by atoms with Crippen molar-refractivity contribution in [1.82, 2.24) is 15.1 Å². The van der Waals surface area contributed by atoms with Crippen molar-refractivity contribution in [3.05, 3.63) is 48.0 Å². The molecule has 0 bridgehead atoms. The summed E-state index contributed by atoms with van der Waals surface area (Å²) in [6.45, 7) is 1.86. The van der Waals surface area contributed by atoms with E-state index in [-0.39, 0.29) is 31.1 Å². The van der Waals surface area contributed by atoms with Crippen molar-refractivity contribution in [2.24, 2.45) is 0 Å². The molecule has 31 heavy (non-hydrogen) atoms. The van der Waals surface area contributed by atoms with E-state index in [0.717, 1.165) is 16.3 Å². The summed E-state index contributed by atoms with van der Waals surface area (Å²) in [5, 5.41) is 4.93. The van der Waals surface area contributed by atoms with Crippen LogP contribution in [0.2, 0.25) is 0 Å². The lowest BCUT2D eigenvalue weighted by molar-refractivity contribution is -0.133. The van der Waals surface area contributed by atoms with Crippen molar-refractivity contribution in [2.45, 2.75) is 6.61 Å². The third kappa shape index (κ3) is 7.14. The lowest BCUT2D eigenvalue weighted by Gasteiger charge is -2.34. The Morgan fingerprint density at radius 1 is 1.00 bits per heavy atom. The Kier molecular flexibility index (Phi) is 7.83. The van der Waals surface area contributed by atoms with E-state index >= 15 is 0 Å². The maximum absolute atomic E-state index is 12.4. The van der Waals surface area contributed by atoms with Crippen LogP contribution in [0.25, 0.3) is 10.8 Å². The summed E-state index contributed by atoms with van der Waals surface area (Å²) >= 11 is 3.50. The van der Waals surface area contributed by atoms with Gasteiger partial charge in [0.25, 0.3) is 0 Å². The summed E-state index contributed by atoms with van der Waals surface area (Å²) in [6, 6.07) is 14.0. The summed E-state index contributed by atoms with van der Waals surface area (Å²) in [7, 11) is -1.13. The number of carbonyl (C=O) groups excluding carboxylic acids is 3. The number of halogens is 1. The number of fused-ring (bicyclic) bond motifs is 1. The number of nitrogens with one attached hydrogen (secondary N) is 1. The van der Waals surface area contributed by atoms with Crippen molar-refractivity contribution in [1.29, 1.82) is 0 Å². The maximum Gasteiger partial charge on any atom is 0.410 e. The first-order valence-corrected chi connectivity index (χ1v) is 14.5. The standard InChI is InChI=1S/C22H28BrN3O4S/c1-31(2,23)16-20(27)24-14-21(28)25-9-11-26(12-10-25)22(29)30-15-17-7-8-18-5-3-4-6-19(18)13-17/h3-8,13H,9-12,14-16H2,1-2H3,(H,24,27). The average Bonchev–Trinajstić information content (AvgIpc) is 2.74. The topological polar surface area (TPSA) is 79.0 Å². The van der Waals surface area contributed by atoms with Gasteiger partial charge < -0.3 is 19.9 Å². The Morgan fingerprint density at radius 2 is 1.65 bits per heavy atom. The Labute approximate surface area is 191 Å². The van der Waals surface area contributed by atoms with Gasteiger partial charge in [0.2, 0.25) is 11.8 Å². The van der Waals surface area contributed by atoms with Gasteiger partial charge in [-0.1, -0.05) is 36.4 Å². The third-order valence-electron chi connectivity index (χ3n) is 4.98. The summed E-state index contributed by atoms with van der Waals surface area (Å²) in [5.41, 5.74) is 0.935. The molecule has 0 radical (unpaired) electrons. The highest BCUT2D eigenvalue weighted by atomic mass is 79.9. The van der Waals surface area contributed by atoms with Gasteiger partial charge in [0.1, 0.15) is 6.61 Å². The smallest absolute Gasteiger partial charge is 0.410 e. The number of piperazine rings is 1. The van der Waals surface area contributed by atoms with Crippen molar-refractivity contribution in [2.75, 3.05) is 51.0 Å². The van der Waals surface area contributed by atoms with Crippen molar-refractivity contribution < 1.29 is 19.1 Å². The van der Waals surface area contributed by atoms with Crippen LogP contribution in [0.1, 0.15) is 5.56 Å². The van der Waals surface area contributed by atoms with E-state index in [1.807, 2.05) is 55.0 Å². The molecule has 1 N–H and O–H groups in total. The number of ether oxygens (including phenoxy) is 1. The average molecular weight is 510 g/mol. The van der Waals surface area contributed by atoms with Crippen LogP contribution >= 0.6 is 23.3 Å². The molecule has 0 aromatic heterocycles. The number of hydrogen-bond donors (Lipinski definition) is 1. The summed E-state index contributed by atoms with van der Waals surface area (Å²) in [4.78, 5) is 39.9. The second-order valence-corrected chi connectivity index (χ2v) is 16.3. The molecule has 3 amide bonds. The minimum Gasteiger partial charge on any atom is -0.445 e. The number of benzene rings is 2. The third-order valence-corrected chi connectivity index (χ3v) is 6.61. The molecular formula is C22H28BrN3O4S. The van der Waals surface area contributed by atoms with Gasteiger partial charge >= 0.3 is 6.09 Å². The molecule has 0 unspecified atom stereocenters. The zero-order valence-corrected chi connectivity index (χ0v) is 20.2. The van der Waals surface area contributed by atoms with Crippen LogP contribution in [-0.4, -0.2) is 78.7 Å². The lowest BCUT2D eigenvalue weighted by Crippen LogP contribution is -2.52. The van der Waals surface area contributed by atoms with Crippen LogP contribution in [-0.2, 0) is 20.9 Å². The van der Waals surface area contributed by atoms with Gasteiger partial charge in [-0.25, -0.2) is 4.79 Å². The molecule has 7 nitrogen and oxygen atoms in total. The van der Waals surface area contributed by atoms with Gasteiger partial charge in [0, 0.05) is 26.2 Å². The fourth-order valence-electron chi connectivity index (χ4n) is 3.35. The minimum atomic E-state index is -1.13. The molecule has 1 fully saturated rings. The fourth-order valence-corrected chi connectivity index (χ4v) is 4.70. The van der Waals surface area contributed by atoms with Crippen LogP contribution in [0, 0.1) is 0 Å². The fraction of sp³-hybridized carbons (Fsp3) is 0.409. The zero-order chi connectivity index (χ0) is 22.4. The first-order valence-electron chi connectivity index (χ1n) is 10.1. The quantitative estimate of drug-likeness (QED) is 0.648. The lowest BCUT2D eigenvalue weighted by atomic mass is 10.1. The SMILES string of the molecule is CS(C)(Br)CC(=O)NCC(=O)N1CCN(C(=O)OCc2ccc3ccccc3c2)CC1. The largest absolute Gasteiger partial charge is 0.445 e. The molecule has 1 heterocycles. The van der Waals surface area contributed by atoms with Gasteiger partial charge in [-0.15, -0.1) is 0 Å². The number of amides is 3. The highest BCUT2D eigenvalue weighted by Crippen LogP contribution is 2.47. The van der Waals surface area contributed by atoms with Crippen LogP contribution in [0.3, 0.4) is 0 Å². The predicted octanol–water partition coefficient (Wildman–Crippen LogP) is 3.11. The Bertz CT molecular complexity index is 955. The van der Waals surface area contributed by atoms with Crippen LogP contribution in [0.15, 0.2) is 42.5 Å². The molecule has 0 spiro atoms. The molecule has 168 valence electrons. The number of nitrogens with zero attached hydrogens (tertiary/aromatic N) is 2. The van der Waals surface area contributed by atoms with Crippen LogP contribution in [0.4, 0.5) is 4.79 Å². The highest BCUT2D eigenvalue weighted by Gasteiger charge is 2.25. The molecule has 1 aliphatic heterocycles.